The molecule has 0 heterocycles. The standard InChI is InChI=1S/C13H19NO3/c1-3-4-5-6-11(14-17)10-7-8-12(15)9(2)13(10)16/h7-8,15-17H,3-6H2,1-2H3/b14-11-. The van der Waals surface area contributed by atoms with Crippen LogP contribution in [0, 0.1) is 6.92 Å². The van der Waals surface area contributed by atoms with Crippen LogP contribution in [0.4, 0.5) is 0 Å². The van der Waals surface area contributed by atoms with Crippen LogP contribution in [0.2, 0.25) is 0 Å². The molecule has 3 N–H and O–H groups in total. The third-order valence-electron chi connectivity index (χ3n) is 2.85. The van der Waals surface area contributed by atoms with E-state index in [0.717, 1.165) is 19.3 Å². The maximum Gasteiger partial charge on any atom is 0.131 e. The summed E-state index contributed by atoms with van der Waals surface area (Å²) < 4.78 is 0. The van der Waals surface area contributed by atoms with Gasteiger partial charge in [-0.3, -0.25) is 0 Å². The lowest BCUT2D eigenvalue weighted by molar-refractivity contribution is 0.317. The van der Waals surface area contributed by atoms with Crippen LogP contribution in [0.5, 0.6) is 11.5 Å². The van der Waals surface area contributed by atoms with E-state index in [2.05, 4.69) is 12.1 Å². The molecule has 0 bridgehead atoms. The van der Waals surface area contributed by atoms with E-state index in [1.807, 2.05) is 0 Å². The molecule has 1 rings (SSSR count). The largest absolute Gasteiger partial charge is 0.508 e. The SMILES string of the molecule is CCCCC/C(=N/O)c1ccc(O)c(C)c1O. The van der Waals surface area contributed by atoms with Crippen LogP contribution in [0.15, 0.2) is 17.3 Å². The van der Waals surface area contributed by atoms with Crippen molar-refractivity contribution < 1.29 is 15.4 Å². The summed E-state index contributed by atoms with van der Waals surface area (Å²) in [6.07, 6.45) is 3.66. The molecule has 0 aliphatic carbocycles. The van der Waals surface area contributed by atoms with Crippen molar-refractivity contribution in [1.82, 2.24) is 0 Å². The van der Waals surface area contributed by atoms with Gasteiger partial charge in [-0.2, -0.15) is 0 Å². The van der Waals surface area contributed by atoms with Crippen molar-refractivity contribution in [3.63, 3.8) is 0 Å². The van der Waals surface area contributed by atoms with Gasteiger partial charge in [0.05, 0.1) is 5.71 Å². The Bertz CT molecular complexity index is 413. The number of benzene rings is 1. The average Bonchev–Trinajstić information content (AvgIpc) is 2.33. The molecule has 0 unspecified atom stereocenters. The molecular weight excluding hydrogens is 218 g/mol. The highest BCUT2D eigenvalue weighted by atomic mass is 16.4. The van der Waals surface area contributed by atoms with E-state index in [9.17, 15) is 10.2 Å². The van der Waals surface area contributed by atoms with Gasteiger partial charge in [0.1, 0.15) is 11.5 Å². The molecule has 0 amide bonds. The Labute approximate surface area is 101 Å². The fourth-order valence-corrected chi connectivity index (χ4v) is 1.70. The summed E-state index contributed by atoms with van der Waals surface area (Å²) in [5, 5.41) is 31.5. The van der Waals surface area contributed by atoms with Crippen molar-refractivity contribution in [2.75, 3.05) is 0 Å². The average molecular weight is 237 g/mol. The Morgan fingerprint density at radius 3 is 2.53 bits per heavy atom. The van der Waals surface area contributed by atoms with Crippen LogP contribution in [-0.4, -0.2) is 21.1 Å². The normalized spacial score (nSPS) is 11.8. The highest BCUT2D eigenvalue weighted by molar-refractivity contribution is 6.02. The van der Waals surface area contributed by atoms with Crippen LogP contribution in [0.1, 0.15) is 43.7 Å². The van der Waals surface area contributed by atoms with Crippen molar-refractivity contribution in [2.45, 2.75) is 39.5 Å². The molecule has 1 aromatic rings. The van der Waals surface area contributed by atoms with Gasteiger partial charge in [-0.05, 0) is 31.9 Å². The Kier molecular flexibility index (Phi) is 4.82. The van der Waals surface area contributed by atoms with E-state index in [-0.39, 0.29) is 11.5 Å². The van der Waals surface area contributed by atoms with Crippen molar-refractivity contribution >= 4 is 5.71 Å². The first-order valence-electron chi connectivity index (χ1n) is 5.84. The minimum absolute atomic E-state index is 0.0192. The van der Waals surface area contributed by atoms with Crippen LogP contribution in [-0.2, 0) is 0 Å². The molecule has 0 fully saturated rings. The number of unbranched alkanes of at least 4 members (excludes halogenated alkanes) is 2. The van der Waals surface area contributed by atoms with E-state index in [1.165, 1.54) is 6.07 Å². The second-order valence-electron chi connectivity index (χ2n) is 4.11. The summed E-state index contributed by atoms with van der Waals surface area (Å²) in [6, 6.07) is 3.06. The zero-order valence-electron chi connectivity index (χ0n) is 10.3. The fourth-order valence-electron chi connectivity index (χ4n) is 1.70. The number of hydrogen-bond acceptors (Lipinski definition) is 4. The lowest BCUT2D eigenvalue weighted by atomic mass is 10.0. The van der Waals surface area contributed by atoms with Crippen LogP contribution >= 0.6 is 0 Å². The number of phenols is 2. The van der Waals surface area contributed by atoms with Gasteiger partial charge < -0.3 is 15.4 Å². The predicted molar refractivity (Wildman–Crippen MR) is 67.0 cm³/mol. The van der Waals surface area contributed by atoms with E-state index in [4.69, 9.17) is 5.21 Å². The van der Waals surface area contributed by atoms with Crippen molar-refractivity contribution in [2.24, 2.45) is 5.16 Å². The minimum atomic E-state index is -0.0192. The number of aromatic hydroxyl groups is 2. The molecule has 17 heavy (non-hydrogen) atoms. The first-order chi connectivity index (χ1) is 8.11. The van der Waals surface area contributed by atoms with E-state index < -0.39 is 0 Å². The summed E-state index contributed by atoms with van der Waals surface area (Å²) in [7, 11) is 0. The van der Waals surface area contributed by atoms with Crippen LogP contribution in [0.25, 0.3) is 0 Å². The molecular formula is C13H19NO3. The second-order valence-corrected chi connectivity index (χ2v) is 4.11. The summed E-state index contributed by atoms with van der Waals surface area (Å²) >= 11 is 0. The fraction of sp³-hybridized carbons (Fsp3) is 0.462. The summed E-state index contributed by atoms with van der Waals surface area (Å²) in [5.74, 6) is 0.0198. The molecule has 0 saturated heterocycles. The second kappa shape index (κ2) is 6.13. The smallest absolute Gasteiger partial charge is 0.131 e. The summed E-state index contributed by atoms with van der Waals surface area (Å²) in [4.78, 5) is 0. The lowest BCUT2D eigenvalue weighted by Crippen LogP contribution is -2.02. The van der Waals surface area contributed by atoms with E-state index >= 15 is 0 Å². The molecule has 0 atom stereocenters. The van der Waals surface area contributed by atoms with Gasteiger partial charge in [0.15, 0.2) is 0 Å². The Morgan fingerprint density at radius 1 is 1.24 bits per heavy atom. The number of hydrogen-bond donors (Lipinski definition) is 3. The topological polar surface area (TPSA) is 73.1 Å². The van der Waals surface area contributed by atoms with Gasteiger partial charge in [-0.25, -0.2) is 0 Å². The minimum Gasteiger partial charge on any atom is -0.508 e. The van der Waals surface area contributed by atoms with Crippen molar-refractivity contribution in [3.8, 4) is 11.5 Å². The van der Waals surface area contributed by atoms with Crippen molar-refractivity contribution in [1.29, 1.82) is 0 Å². The summed E-state index contributed by atoms with van der Waals surface area (Å²) in [6.45, 7) is 3.72. The Balaban J connectivity index is 2.94. The number of rotatable bonds is 5. The first-order valence-corrected chi connectivity index (χ1v) is 5.84. The van der Waals surface area contributed by atoms with E-state index in [0.29, 0.717) is 23.3 Å². The Hall–Kier alpha value is -1.71. The molecule has 0 saturated carbocycles. The molecule has 0 aliphatic rings. The molecule has 1 aromatic carbocycles. The Morgan fingerprint density at radius 2 is 1.94 bits per heavy atom. The van der Waals surface area contributed by atoms with Crippen molar-refractivity contribution in [3.05, 3.63) is 23.3 Å². The number of phenolic OH excluding ortho intramolecular Hbond substituents is 2. The molecule has 0 aromatic heterocycles. The summed E-state index contributed by atoms with van der Waals surface area (Å²) in [5.41, 5.74) is 1.34. The molecule has 0 spiro atoms. The first kappa shape index (κ1) is 13.4. The zero-order valence-corrected chi connectivity index (χ0v) is 10.3. The van der Waals surface area contributed by atoms with Crippen LogP contribution < -0.4 is 0 Å². The monoisotopic (exact) mass is 237 g/mol. The maximum absolute atomic E-state index is 9.88. The van der Waals surface area contributed by atoms with Gasteiger partial charge in [0.25, 0.3) is 0 Å². The third-order valence-corrected chi connectivity index (χ3v) is 2.85. The lowest BCUT2D eigenvalue weighted by Gasteiger charge is -2.10. The number of nitrogens with zero attached hydrogens (tertiary/aromatic N) is 1. The zero-order chi connectivity index (χ0) is 12.8. The van der Waals surface area contributed by atoms with Gasteiger partial charge in [-0.1, -0.05) is 24.9 Å². The van der Waals surface area contributed by atoms with Crippen LogP contribution in [0.3, 0.4) is 0 Å². The maximum atomic E-state index is 9.88. The quantitative estimate of drug-likeness (QED) is 0.319. The molecule has 0 radical (unpaired) electrons. The highest BCUT2D eigenvalue weighted by Gasteiger charge is 2.13. The van der Waals surface area contributed by atoms with Gasteiger partial charge >= 0.3 is 0 Å². The number of oxime groups is 1. The van der Waals surface area contributed by atoms with Gasteiger partial charge in [-0.15, -0.1) is 0 Å². The molecule has 94 valence electrons. The molecule has 4 heteroatoms. The molecule has 4 nitrogen and oxygen atoms in total. The van der Waals surface area contributed by atoms with E-state index in [1.54, 1.807) is 13.0 Å². The van der Waals surface area contributed by atoms with Gasteiger partial charge in [0.2, 0.25) is 0 Å². The highest BCUT2D eigenvalue weighted by Crippen LogP contribution is 2.30. The van der Waals surface area contributed by atoms with Gasteiger partial charge in [0, 0.05) is 11.1 Å². The third kappa shape index (κ3) is 3.12. The predicted octanol–water partition coefficient (Wildman–Crippen LogP) is 3.16. The molecule has 0 aliphatic heterocycles.